The molecule has 0 bridgehead atoms. The highest BCUT2D eigenvalue weighted by atomic mass is 14.3. The molecule has 0 heteroatoms. The van der Waals surface area contributed by atoms with Crippen LogP contribution in [0.25, 0.3) is 21.9 Å². The Hall–Kier alpha value is -2.08. The molecule has 3 aromatic carbocycles. The molecule has 0 heterocycles. The summed E-state index contributed by atoms with van der Waals surface area (Å²) >= 11 is 0. The van der Waals surface area contributed by atoms with Gasteiger partial charge in [-0.15, -0.1) is 0 Å². The Morgan fingerprint density at radius 2 is 1.50 bits per heavy atom. The zero-order valence-corrected chi connectivity index (χ0v) is 13.3. The van der Waals surface area contributed by atoms with Crippen LogP contribution in [0.4, 0.5) is 0 Å². The molecule has 110 valence electrons. The predicted octanol–water partition coefficient (Wildman–Crippen LogP) is 5.88. The monoisotopic (exact) mass is 286 g/mol. The van der Waals surface area contributed by atoms with E-state index in [0.29, 0.717) is 0 Å². The first-order valence-corrected chi connectivity index (χ1v) is 8.33. The van der Waals surface area contributed by atoms with Crippen LogP contribution in [0.2, 0.25) is 0 Å². The second kappa shape index (κ2) is 5.28. The van der Waals surface area contributed by atoms with Crippen molar-refractivity contribution >= 4 is 10.8 Å². The molecule has 1 unspecified atom stereocenters. The summed E-state index contributed by atoms with van der Waals surface area (Å²) in [6, 6.07) is 22.3. The van der Waals surface area contributed by atoms with E-state index in [1.165, 1.54) is 34.7 Å². The summed E-state index contributed by atoms with van der Waals surface area (Å²) in [5.41, 5.74) is 5.97. The molecule has 1 aliphatic rings. The molecule has 0 aliphatic heterocycles. The van der Waals surface area contributed by atoms with Gasteiger partial charge in [0, 0.05) is 0 Å². The topological polar surface area (TPSA) is 0 Å². The zero-order valence-electron chi connectivity index (χ0n) is 13.3. The van der Waals surface area contributed by atoms with E-state index in [4.69, 9.17) is 0 Å². The molecule has 0 amide bonds. The van der Waals surface area contributed by atoms with Crippen LogP contribution in [0.15, 0.2) is 60.7 Å². The van der Waals surface area contributed by atoms with Gasteiger partial charge in [0.1, 0.15) is 0 Å². The highest BCUT2D eigenvalue weighted by Crippen LogP contribution is 2.39. The minimum absolute atomic E-state index is 0.757. The minimum Gasteiger partial charge on any atom is -0.0625 e. The summed E-state index contributed by atoms with van der Waals surface area (Å²) in [5.74, 6) is 1.55. The van der Waals surface area contributed by atoms with Crippen molar-refractivity contribution in [1.29, 1.82) is 0 Å². The molecule has 22 heavy (non-hydrogen) atoms. The number of benzene rings is 3. The van der Waals surface area contributed by atoms with E-state index >= 15 is 0 Å². The van der Waals surface area contributed by atoms with E-state index in [1.54, 1.807) is 11.1 Å². The first-order valence-electron chi connectivity index (χ1n) is 8.33. The average Bonchev–Trinajstić information content (AvgIpc) is 2.99. The number of fused-ring (bicyclic) bond motifs is 2. The van der Waals surface area contributed by atoms with Gasteiger partial charge in [-0.1, -0.05) is 74.5 Å². The summed E-state index contributed by atoms with van der Waals surface area (Å²) in [6.45, 7) is 4.71. The van der Waals surface area contributed by atoms with Crippen molar-refractivity contribution in [2.75, 3.05) is 0 Å². The molecule has 1 atom stereocenters. The SMILES string of the molecule is CC(C)C1Cc2cccc(-c3cccc4ccccc34)c2C1. The number of hydrogen-bond acceptors (Lipinski definition) is 0. The normalized spacial score (nSPS) is 17.1. The fourth-order valence-electron chi connectivity index (χ4n) is 3.87. The summed E-state index contributed by atoms with van der Waals surface area (Å²) in [6.07, 6.45) is 2.47. The maximum Gasteiger partial charge on any atom is -0.0103 e. The van der Waals surface area contributed by atoms with Crippen LogP contribution in [0.1, 0.15) is 25.0 Å². The summed E-state index contributed by atoms with van der Waals surface area (Å²) in [7, 11) is 0. The van der Waals surface area contributed by atoms with Gasteiger partial charge in [-0.2, -0.15) is 0 Å². The fraction of sp³-hybridized carbons (Fsp3) is 0.273. The van der Waals surface area contributed by atoms with Gasteiger partial charge in [-0.3, -0.25) is 0 Å². The van der Waals surface area contributed by atoms with Crippen molar-refractivity contribution in [3.63, 3.8) is 0 Å². The molecule has 0 saturated heterocycles. The van der Waals surface area contributed by atoms with Crippen LogP contribution < -0.4 is 0 Å². The molecule has 0 nitrogen and oxygen atoms in total. The highest BCUT2D eigenvalue weighted by molar-refractivity contribution is 5.97. The molecule has 0 spiro atoms. The Morgan fingerprint density at radius 1 is 0.773 bits per heavy atom. The molecular formula is C22H22. The lowest BCUT2D eigenvalue weighted by Gasteiger charge is -2.14. The van der Waals surface area contributed by atoms with Gasteiger partial charge in [0.25, 0.3) is 0 Å². The Kier molecular flexibility index (Phi) is 3.26. The Balaban J connectivity index is 1.90. The van der Waals surface area contributed by atoms with Crippen molar-refractivity contribution in [2.24, 2.45) is 11.8 Å². The standard InChI is InChI=1S/C22H22/c1-15(2)18-13-17-9-6-12-21(22(17)14-18)20-11-5-8-16-7-3-4-10-19(16)20/h3-12,15,18H,13-14H2,1-2H3. The summed E-state index contributed by atoms with van der Waals surface area (Å²) in [5, 5.41) is 2.70. The molecule has 3 aromatic rings. The quantitative estimate of drug-likeness (QED) is 0.552. The molecule has 0 saturated carbocycles. The maximum absolute atomic E-state index is 2.36. The third-order valence-corrected chi connectivity index (χ3v) is 5.24. The third-order valence-electron chi connectivity index (χ3n) is 5.24. The molecule has 1 aliphatic carbocycles. The lowest BCUT2D eigenvalue weighted by Crippen LogP contribution is -2.07. The Bertz CT molecular complexity index is 821. The van der Waals surface area contributed by atoms with Gasteiger partial charge in [0.15, 0.2) is 0 Å². The van der Waals surface area contributed by atoms with Crippen LogP contribution in [0, 0.1) is 11.8 Å². The summed E-state index contributed by atoms with van der Waals surface area (Å²) in [4.78, 5) is 0. The van der Waals surface area contributed by atoms with Gasteiger partial charge in [-0.25, -0.2) is 0 Å². The molecule has 4 rings (SSSR count). The molecule has 0 aromatic heterocycles. The van der Waals surface area contributed by atoms with Gasteiger partial charge < -0.3 is 0 Å². The van der Waals surface area contributed by atoms with E-state index in [0.717, 1.165) is 11.8 Å². The molecule has 0 N–H and O–H groups in total. The lowest BCUT2D eigenvalue weighted by atomic mass is 9.91. The summed E-state index contributed by atoms with van der Waals surface area (Å²) < 4.78 is 0. The van der Waals surface area contributed by atoms with Gasteiger partial charge in [0.05, 0.1) is 0 Å². The van der Waals surface area contributed by atoms with E-state index < -0.39 is 0 Å². The van der Waals surface area contributed by atoms with Crippen LogP contribution in [-0.2, 0) is 12.8 Å². The van der Waals surface area contributed by atoms with Gasteiger partial charge >= 0.3 is 0 Å². The predicted molar refractivity (Wildman–Crippen MR) is 95.1 cm³/mol. The van der Waals surface area contributed by atoms with Crippen molar-refractivity contribution < 1.29 is 0 Å². The van der Waals surface area contributed by atoms with E-state index in [2.05, 4.69) is 74.5 Å². The van der Waals surface area contributed by atoms with Crippen LogP contribution in [-0.4, -0.2) is 0 Å². The van der Waals surface area contributed by atoms with E-state index in [-0.39, 0.29) is 0 Å². The van der Waals surface area contributed by atoms with Crippen LogP contribution in [0.3, 0.4) is 0 Å². The molecule has 0 fully saturated rings. The third kappa shape index (κ3) is 2.14. The smallest absolute Gasteiger partial charge is 0.0103 e. The van der Waals surface area contributed by atoms with Crippen LogP contribution in [0.5, 0.6) is 0 Å². The van der Waals surface area contributed by atoms with Crippen LogP contribution >= 0.6 is 0 Å². The highest BCUT2D eigenvalue weighted by Gasteiger charge is 2.26. The Morgan fingerprint density at radius 3 is 2.36 bits per heavy atom. The van der Waals surface area contributed by atoms with Gasteiger partial charge in [-0.05, 0) is 57.7 Å². The zero-order chi connectivity index (χ0) is 15.1. The first-order chi connectivity index (χ1) is 10.7. The second-order valence-electron chi connectivity index (χ2n) is 6.88. The molecular weight excluding hydrogens is 264 g/mol. The van der Waals surface area contributed by atoms with E-state index in [9.17, 15) is 0 Å². The fourth-order valence-corrected chi connectivity index (χ4v) is 3.87. The Labute approximate surface area is 132 Å². The number of rotatable bonds is 2. The largest absolute Gasteiger partial charge is 0.0625 e. The van der Waals surface area contributed by atoms with Crippen molar-refractivity contribution in [3.05, 3.63) is 71.8 Å². The van der Waals surface area contributed by atoms with Gasteiger partial charge in [0.2, 0.25) is 0 Å². The maximum atomic E-state index is 2.36. The van der Waals surface area contributed by atoms with E-state index in [1.807, 2.05) is 0 Å². The number of hydrogen-bond donors (Lipinski definition) is 0. The average molecular weight is 286 g/mol. The minimum atomic E-state index is 0.757. The lowest BCUT2D eigenvalue weighted by molar-refractivity contribution is 0.404. The van der Waals surface area contributed by atoms with Crippen molar-refractivity contribution in [1.82, 2.24) is 0 Å². The molecule has 0 radical (unpaired) electrons. The van der Waals surface area contributed by atoms with Crippen molar-refractivity contribution in [2.45, 2.75) is 26.7 Å². The van der Waals surface area contributed by atoms with Crippen molar-refractivity contribution in [3.8, 4) is 11.1 Å². The second-order valence-corrected chi connectivity index (χ2v) is 6.88. The first kappa shape index (κ1) is 13.6.